The lowest BCUT2D eigenvalue weighted by atomic mass is 10.3. The minimum atomic E-state index is -1.57. The molecule has 0 saturated heterocycles. The van der Waals surface area contributed by atoms with Gasteiger partial charge in [0.25, 0.3) is 0 Å². The predicted octanol–water partition coefficient (Wildman–Crippen LogP) is 1.28. The van der Waals surface area contributed by atoms with Crippen LogP contribution < -0.4 is 5.32 Å². The molecule has 1 amide bonds. The fraction of sp³-hybridized carbons (Fsp3) is 0.357. The Balaban J connectivity index is 2.75. The number of esters is 2. The van der Waals surface area contributed by atoms with Crippen LogP contribution in [0.25, 0.3) is 6.08 Å². The van der Waals surface area contributed by atoms with Crippen molar-refractivity contribution in [1.82, 2.24) is 5.32 Å². The molecule has 0 saturated carbocycles. The van der Waals surface area contributed by atoms with Crippen LogP contribution in [0.15, 0.2) is 18.2 Å². The summed E-state index contributed by atoms with van der Waals surface area (Å²) in [7, 11) is 0. The van der Waals surface area contributed by atoms with Gasteiger partial charge in [0.1, 0.15) is 0 Å². The van der Waals surface area contributed by atoms with Crippen molar-refractivity contribution in [1.29, 1.82) is 0 Å². The third-order valence-corrected chi connectivity index (χ3v) is 3.52. The van der Waals surface area contributed by atoms with Gasteiger partial charge in [0.05, 0.1) is 18.1 Å². The number of nitrogens with one attached hydrogen (secondary N) is 1. The molecule has 130 valence electrons. The molecule has 1 aromatic heterocycles. The van der Waals surface area contributed by atoms with Gasteiger partial charge >= 0.3 is 16.9 Å². The number of nitro groups is 1. The Morgan fingerprint density at radius 1 is 1.25 bits per heavy atom. The number of carbonyl (C=O) groups is 3. The summed E-state index contributed by atoms with van der Waals surface area (Å²) in [6.07, 6.45) is 2.39. The molecule has 24 heavy (non-hydrogen) atoms. The lowest BCUT2D eigenvalue weighted by molar-refractivity contribution is -0.380. The predicted molar refractivity (Wildman–Crippen MR) is 85.2 cm³/mol. The number of carbonyl (C=O) groups excluding carboxylic acids is 3. The van der Waals surface area contributed by atoms with Crippen LogP contribution in [-0.2, 0) is 23.9 Å². The van der Waals surface area contributed by atoms with Crippen molar-refractivity contribution in [2.75, 3.05) is 13.2 Å². The second-order valence-electron chi connectivity index (χ2n) is 4.21. The van der Waals surface area contributed by atoms with Crippen LogP contribution in [-0.4, -0.2) is 42.0 Å². The Bertz CT molecular complexity index is 635. The molecular weight excluding hydrogens is 340 g/mol. The number of amides is 1. The van der Waals surface area contributed by atoms with Crippen molar-refractivity contribution in [2.45, 2.75) is 19.9 Å². The molecule has 1 rings (SSSR count). The zero-order valence-electron chi connectivity index (χ0n) is 13.0. The van der Waals surface area contributed by atoms with E-state index >= 15 is 0 Å². The first-order chi connectivity index (χ1) is 11.4. The van der Waals surface area contributed by atoms with Gasteiger partial charge in [0.2, 0.25) is 11.9 Å². The van der Waals surface area contributed by atoms with Crippen LogP contribution in [0.3, 0.4) is 0 Å². The summed E-state index contributed by atoms with van der Waals surface area (Å²) < 4.78 is 9.43. The molecule has 0 atom stereocenters. The van der Waals surface area contributed by atoms with E-state index in [0.717, 1.165) is 17.4 Å². The van der Waals surface area contributed by atoms with Gasteiger partial charge in [0, 0.05) is 17.0 Å². The lowest BCUT2D eigenvalue weighted by Crippen LogP contribution is -2.47. The average Bonchev–Trinajstić information content (AvgIpc) is 3.00. The summed E-state index contributed by atoms with van der Waals surface area (Å²) in [5, 5.41) is 12.7. The fourth-order valence-electron chi connectivity index (χ4n) is 1.54. The van der Waals surface area contributed by atoms with Gasteiger partial charge in [-0.3, -0.25) is 14.9 Å². The van der Waals surface area contributed by atoms with Gasteiger partial charge in [0.15, 0.2) is 0 Å². The van der Waals surface area contributed by atoms with Crippen LogP contribution in [0.4, 0.5) is 5.00 Å². The summed E-state index contributed by atoms with van der Waals surface area (Å²) in [4.78, 5) is 45.8. The molecule has 1 aromatic rings. The van der Waals surface area contributed by atoms with E-state index in [-0.39, 0.29) is 18.2 Å². The SMILES string of the molecule is CCOC(=O)C(NC(=O)/C=C/c1ccc([N+](=O)[O-])s1)C(=O)OCC. The Hall–Kier alpha value is -2.75. The van der Waals surface area contributed by atoms with E-state index in [1.165, 1.54) is 18.2 Å². The van der Waals surface area contributed by atoms with Gasteiger partial charge in [-0.15, -0.1) is 0 Å². The highest BCUT2D eigenvalue weighted by Crippen LogP contribution is 2.24. The number of rotatable bonds is 8. The summed E-state index contributed by atoms with van der Waals surface area (Å²) in [5.41, 5.74) is 0. The maximum absolute atomic E-state index is 11.8. The largest absolute Gasteiger partial charge is 0.464 e. The molecule has 1 N–H and O–H groups in total. The maximum Gasteiger partial charge on any atom is 0.340 e. The second kappa shape index (κ2) is 9.40. The highest BCUT2D eigenvalue weighted by Gasteiger charge is 2.30. The van der Waals surface area contributed by atoms with Crippen LogP contribution in [0, 0.1) is 10.1 Å². The van der Waals surface area contributed by atoms with E-state index in [4.69, 9.17) is 9.47 Å². The van der Waals surface area contributed by atoms with Gasteiger partial charge in [-0.05, 0) is 26.0 Å². The minimum Gasteiger partial charge on any atom is -0.464 e. The minimum absolute atomic E-state index is 0.0410. The van der Waals surface area contributed by atoms with E-state index in [0.29, 0.717) is 4.88 Å². The number of ether oxygens (including phenoxy) is 2. The molecule has 0 fully saturated rings. The number of thiophene rings is 1. The van der Waals surface area contributed by atoms with Crippen molar-refractivity contribution in [3.05, 3.63) is 33.2 Å². The summed E-state index contributed by atoms with van der Waals surface area (Å²) >= 11 is 0.882. The monoisotopic (exact) mass is 356 g/mol. The molecule has 0 bridgehead atoms. The number of nitrogens with zero attached hydrogens (tertiary/aromatic N) is 1. The first-order valence-corrected chi connectivity index (χ1v) is 7.76. The fourth-order valence-corrected chi connectivity index (χ4v) is 2.27. The molecule has 10 heteroatoms. The van der Waals surface area contributed by atoms with Gasteiger partial charge in [-0.2, -0.15) is 0 Å². The number of hydrogen-bond donors (Lipinski definition) is 1. The van der Waals surface area contributed by atoms with E-state index < -0.39 is 28.8 Å². The Kier molecular flexibility index (Phi) is 7.56. The number of hydrogen-bond acceptors (Lipinski definition) is 8. The molecule has 0 spiro atoms. The summed E-state index contributed by atoms with van der Waals surface area (Å²) in [5.74, 6) is -2.59. The summed E-state index contributed by atoms with van der Waals surface area (Å²) in [6.45, 7) is 3.20. The van der Waals surface area contributed by atoms with E-state index in [1.54, 1.807) is 13.8 Å². The quantitative estimate of drug-likeness (QED) is 0.244. The Morgan fingerprint density at radius 2 is 1.83 bits per heavy atom. The molecular formula is C14H16N2O7S. The normalized spacial score (nSPS) is 10.6. The third kappa shape index (κ3) is 5.80. The molecule has 1 heterocycles. The smallest absolute Gasteiger partial charge is 0.340 e. The van der Waals surface area contributed by atoms with Crippen LogP contribution in [0.2, 0.25) is 0 Å². The van der Waals surface area contributed by atoms with Crippen LogP contribution in [0.1, 0.15) is 18.7 Å². The molecule has 0 aliphatic heterocycles. The van der Waals surface area contributed by atoms with E-state index in [9.17, 15) is 24.5 Å². The molecule has 9 nitrogen and oxygen atoms in total. The Labute approximate surface area is 141 Å². The highest BCUT2D eigenvalue weighted by molar-refractivity contribution is 7.16. The van der Waals surface area contributed by atoms with Crippen LogP contribution in [0.5, 0.6) is 0 Å². The zero-order valence-corrected chi connectivity index (χ0v) is 13.8. The van der Waals surface area contributed by atoms with Gasteiger partial charge in [-0.25, -0.2) is 9.59 Å². The van der Waals surface area contributed by atoms with Gasteiger partial charge in [-0.1, -0.05) is 11.3 Å². The molecule has 0 aliphatic carbocycles. The highest BCUT2D eigenvalue weighted by atomic mass is 32.1. The first-order valence-electron chi connectivity index (χ1n) is 6.95. The first kappa shape index (κ1) is 19.3. The van der Waals surface area contributed by atoms with Crippen molar-refractivity contribution >= 4 is 40.3 Å². The van der Waals surface area contributed by atoms with Crippen molar-refractivity contribution in [3.63, 3.8) is 0 Å². The molecule has 0 aliphatic rings. The molecule has 0 unspecified atom stereocenters. The van der Waals surface area contributed by atoms with Gasteiger partial charge < -0.3 is 14.8 Å². The van der Waals surface area contributed by atoms with E-state index in [1.807, 2.05) is 0 Å². The topological polar surface area (TPSA) is 125 Å². The maximum atomic E-state index is 11.8. The Morgan fingerprint density at radius 3 is 2.29 bits per heavy atom. The standard InChI is InChI=1S/C14H16N2O7S/c1-3-22-13(18)12(14(19)23-4-2)15-10(17)7-5-9-6-8-11(24-9)16(20)21/h5-8,12H,3-4H2,1-2H3,(H,15,17)/b7-5+. The molecule has 0 aromatic carbocycles. The third-order valence-electron chi connectivity index (χ3n) is 2.52. The van der Waals surface area contributed by atoms with Crippen molar-refractivity contribution < 1.29 is 28.8 Å². The average molecular weight is 356 g/mol. The van der Waals surface area contributed by atoms with Crippen molar-refractivity contribution in [2.24, 2.45) is 0 Å². The van der Waals surface area contributed by atoms with Crippen LogP contribution >= 0.6 is 11.3 Å². The van der Waals surface area contributed by atoms with Crippen molar-refractivity contribution in [3.8, 4) is 0 Å². The second-order valence-corrected chi connectivity index (χ2v) is 5.31. The lowest BCUT2D eigenvalue weighted by Gasteiger charge is -2.14. The molecule has 0 radical (unpaired) electrons. The zero-order chi connectivity index (χ0) is 18.1. The van der Waals surface area contributed by atoms with E-state index in [2.05, 4.69) is 5.32 Å². The summed E-state index contributed by atoms with van der Waals surface area (Å²) in [6, 6.07) is 1.21.